The maximum atomic E-state index is 12.7. The van der Waals surface area contributed by atoms with Crippen LogP contribution in [0.2, 0.25) is 0 Å². The van der Waals surface area contributed by atoms with Crippen LogP contribution in [0.4, 0.5) is 13.2 Å². The lowest BCUT2D eigenvalue weighted by molar-refractivity contribution is -0.138. The lowest BCUT2D eigenvalue weighted by atomic mass is 10.1. The third-order valence-electron chi connectivity index (χ3n) is 2.80. The minimum atomic E-state index is -4.35. The highest BCUT2D eigenvalue weighted by atomic mass is 19.4. The molecular weight excluding hydrogens is 243 g/mol. The van der Waals surface area contributed by atoms with Crippen LogP contribution < -0.4 is 5.32 Å². The fourth-order valence-corrected chi connectivity index (χ4v) is 1.90. The van der Waals surface area contributed by atoms with E-state index in [1.165, 1.54) is 18.2 Å². The van der Waals surface area contributed by atoms with E-state index >= 15 is 0 Å². The predicted octanol–water partition coefficient (Wildman–Crippen LogP) is 3.04. The molecule has 1 aliphatic rings. The Bertz CT molecular complexity index is 491. The van der Waals surface area contributed by atoms with Gasteiger partial charge in [0.15, 0.2) is 5.78 Å². The van der Waals surface area contributed by atoms with Gasteiger partial charge in [-0.15, -0.1) is 0 Å². The molecule has 0 saturated carbocycles. The van der Waals surface area contributed by atoms with Crippen molar-refractivity contribution in [2.45, 2.75) is 25.6 Å². The van der Waals surface area contributed by atoms with Crippen LogP contribution >= 0.6 is 0 Å². The maximum Gasteiger partial charge on any atom is 0.416 e. The molecule has 0 radical (unpaired) electrons. The van der Waals surface area contributed by atoms with Crippen LogP contribution in [0, 0.1) is 0 Å². The number of hydrogen-bond donors (Lipinski definition) is 1. The fourth-order valence-electron chi connectivity index (χ4n) is 1.90. The van der Waals surface area contributed by atoms with Gasteiger partial charge in [-0.1, -0.05) is 18.2 Å². The zero-order valence-corrected chi connectivity index (χ0v) is 9.55. The first-order valence-electron chi connectivity index (χ1n) is 5.59. The van der Waals surface area contributed by atoms with Gasteiger partial charge in [0.25, 0.3) is 0 Å². The molecule has 0 bridgehead atoms. The maximum absolute atomic E-state index is 12.7. The van der Waals surface area contributed by atoms with Crippen molar-refractivity contribution >= 4 is 5.78 Å². The summed E-state index contributed by atoms with van der Waals surface area (Å²) in [6.07, 6.45) is -1.88. The van der Waals surface area contributed by atoms with E-state index in [0.717, 1.165) is 6.07 Å². The first-order valence-corrected chi connectivity index (χ1v) is 5.59. The van der Waals surface area contributed by atoms with Crippen molar-refractivity contribution in [2.75, 3.05) is 0 Å². The summed E-state index contributed by atoms with van der Waals surface area (Å²) < 4.78 is 38.1. The number of alkyl halides is 3. The SMILES string of the molecule is O=C1C=C(NCc2ccccc2C(F)(F)F)CC1. The first-order chi connectivity index (χ1) is 8.47. The van der Waals surface area contributed by atoms with E-state index in [1.807, 2.05) is 0 Å². The number of halogens is 3. The molecule has 1 aliphatic carbocycles. The highest BCUT2D eigenvalue weighted by molar-refractivity contribution is 5.92. The summed E-state index contributed by atoms with van der Waals surface area (Å²) in [5, 5.41) is 2.88. The number of benzene rings is 1. The molecule has 0 atom stereocenters. The number of nitrogens with one attached hydrogen (secondary N) is 1. The molecular formula is C13H12F3NO. The van der Waals surface area contributed by atoms with Gasteiger partial charge in [0.2, 0.25) is 0 Å². The first kappa shape index (κ1) is 12.7. The molecule has 2 rings (SSSR count). The molecule has 0 heterocycles. The van der Waals surface area contributed by atoms with Crippen molar-refractivity contribution in [1.82, 2.24) is 5.32 Å². The highest BCUT2D eigenvalue weighted by Crippen LogP contribution is 2.31. The molecule has 0 aliphatic heterocycles. The normalized spacial score (nSPS) is 15.7. The van der Waals surface area contributed by atoms with Crippen molar-refractivity contribution in [3.8, 4) is 0 Å². The average molecular weight is 255 g/mol. The van der Waals surface area contributed by atoms with Crippen LogP contribution in [-0.4, -0.2) is 5.78 Å². The van der Waals surface area contributed by atoms with Gasteiger partial charge in [-0.2, -0.15) is 13.2 Å². The van der Waals surface area contributed by atoms with Crippen molar-refractivity contribution in [3.63, 3.8) is 0 Å². The van der Waals surface area contributed by atoms with E-state index in [1.54, 1.807) is 6.07 Å². The van der Waals surface area contributed by atoms with Crippen LogP contribution in [0.5, 0.6) is 0 Å². The van der Waals surface area contributed by atoms with Crippen molar-refractivity contribution in [3.05, 3.63) is 47.2 Å². The van der Waals surface area contributed by atoms with Crippen LogP contribution in [0.15, 0.2) is 36.0 Å². The molecule has 2 nitrogen and oxygen atoms in total. The van der Waals surface area contributed by atoms with Gasteiger partial charge in [0.05, 0.1) is 5.56 Å². The molecule has 5 heteroatoms. The van der Waals surface area contributed by atoms with E-state index in [9.17, 15) is 18.0 Å². The molecule has 1 aromatic carbocycles. The zero-order valence-electron chi connectivity index (χ0n) is 9.55. The predicted molar refractivity (Wildman–Crippen MR) is 60.6 cm³/mol. The second kappa shape index (κ2) is 4.84. The van der Waals surface area contributed by atoms with E-state index in [-0.39, 0.29) is 17.9 Å². The minimum Gasteiger partial charge on any atom is -0.384 e. The minimum absolute atomic E-state index is 0.0154. The van der Waals surface area contributed by atoms with E-state index in [0.29, 0.717) is 18.5 Å². The third kappa shape index (κ3) is 2.91. The third-order valence-corrected chi connectivity index (χ3v) is 2.80. The standard InChI is InChI=1S/C13H12F3NO/c14-13(15,16)12-4-2-1-3-9(12)8-17-10-5-6-11(18)7-10/h1-4,7,17H,5-6,8H2. The number of hydrogen-bond acceptors (Lipinski definition) is 2. The Balaban J connectivity index is 2.10. The highest BCUT2D eigenvalue weighted by Gasteiger charge is 2.32. The smallest absolute Gasteiger partial charge is 0.384 e. The molecule has 96 valence electrons. The lowest BCUT2D eigenvalue weighted by Crippen LogP contribution is -2.16. The second-order valence-electron chi connectivity index (χ2n) is 4.14. The van der Waals surface area contributed by atoms with Crippen LogP contribution in [-0.2, 0) is 17.5 Å². The molecule has 0 spiro atoms. The summed E-state index contributed by atoms with van der Waals surface area (Å²) in [6.45, 7) is 0.0782. The Morgan fingerprint density at radius 1 is 1.17 bits per heavy atom. The zero-order chi connectivity index (χ0) is 13.2. The summed E-state index contributed by atoms with van der Waals surface area (Å²) >= 11 is 0. The summed E-state index contributed by atoms with van der Waals surface area (Å²) in [5.74, 6) is 0.0154. The Morgan fingerprint density at radius 2 is 1.89 bits per heavy atom. The topological polar surface area (TPSA) is 29.1 Å². The Morgan fingerprint density at radius 3 is 2.50 bits per heavy atom. The summed E-state index contributed by atoms with van der Waals surface area (Å²) in [7, 11) is 0. The largest absolute Gasteiger partial charge is 0.416 e. The average Bonchev–Trinajstić information content (AvgIpc) is 2.72. The summed E-state index contributed by atoms with van der Waals surface area (Å²) in [5.41, 5.74) is 0.254. The lowest BCUT2D eigenvalue weighted by Gasteiger charge is -2.14. The molecule has 1 N–H and O–H groups in total. The quantitative estimate of drug-likeness (QED) is 0.899. The van der Waals surface area contributed by atoms with E-state index < -0.39 is 11.7 Å². The number of carbonyl (C=O) groups excluding carboxylic acids is 1. The second-order valence-corrected chi connectivity index (χ2v) is 4.14. The van der Waals surface area contributed by atoms with Crippen molar-refractivity contribution < 1.29 is 18.0 Å². The molecule has 0 saturated heterocycles. The van der Waals surface area contributed by atoms with Crippen LogP contribution in [0.1, 0.15) is 24.0 Å². The number of allylic oxidation sites excluding steroid dienone is 2. The molecule has 0 amide bonds. The Hall–Kier alpha value is -1.78. The van der Waals surface area contributed by atoms with Gasteiger partial charge in [-0.3, -0.25) is 4.79 Å². The van der Waals surface area contributed by atoms with Gasteiger partial charge in [0.1, 0.15) is 0 Å². The molecule has 0 aromatic heterocycles. The molecule has 1 aromatic rings. The molecule has 0 unspecified atom stereocenters. The van der Waals surface area contributed by atoms with Crippen LogP contribution in [0.3, 0.4) is 0 Å². The fraction of sp³-hybridized carbons (Fsp3) is 0.308. The van der Waals surface area contributed by atoms with Gasteiger partial charge in [-0.25, -0.2) is 0 Å². The van der Waals surface area contributed by atoms with Gasteiger partial charge in [0, 0.05) is 24.7 Å². The van der Waals surface area contributed by atoms with Gasteiger partial charge >= 0.3 is 6.18 Å². The Kier molecular flexibility index (Phi) is 3.41. The number of rotatable bonds is 3. The van der Waals surface area contributed by atoms with Crippen LogP contribution in [0.25, 0.3) is 0 Å². The summed E-state index contributed by atoms with van der Waals surface area (Å²) in [4.78, 5) is 11.0. The molecule has 0 fully saturated rings. The monoisotopic (exact) mass is 255 g/mol. The number of ketones is 1. The van der Waals surface area contributed by atoms with Gasteiger partial charge < -0.3 is 5.32 Å². The Labute approximate surface area is 102 Å². The van der Waals surface area contributed by atoms with Crippen molar-refractivity contribution in [2.24, 2.45) is 0 Å². The number of carbonyl (C=O) groups is 1. The van der Waals surface area contributed by atoms with E-state index in [4.69, 9.17) is 0 Å². The van der Waals surface area contributed by atoms with Gasteiger partial charge in [-0.05, 0) is 18.1 Å². The summed E-state index contributed by atoms with van der Waals surface area (Å²) in [6, 6.07) is 5.43. The van der Waals surface area contributed by atoms with E-state index in [2.05, 4.69) is 5.32 Å². The van der Waals surface area contributed by atoms with Crippen molar-refractivity contribution in [1.29, 1.82) is 0 Å². The molecule has 18 heavy (non-hydrogen) atoms.